The zero-order chi connectivity index (χ0) is 19.1. The van der Waals surface area contributed by atoms with Crippen molar-refractivity contribution in [2.24, 2.45) is 0 Å². The summed E-state index contributed by atoms with van der Waals surface area (Å²) in [7, 11) is 0. The van der Waals surface area contributed by atoms with Gasteiger partial charge in [-0.25, -0.2) is 4.98 Å². The first-order chi connectivity index (χ1) is 13.1. The SMILES string of the molecule is CC(CCc1ccccc1)NC(=O)Cn1cc(-c2ccccc2)ncc1=O. The maximum Gasteiger partial charge on any atom is 0.269 e. The average molecular weight is 361 g/mol. The number of nitrogens with one attached hydrogen (secondary N) is 1. The van der Waals surface area contributed by atoms with E-state index in [2.05, 4.69) is 22.4 Å². The van der Waals surface area contributed by atoms with Crippen molar-refractivity contribution in [1.29, 1.82) is 0 Å². The lowest BCUT2D eigenvalue weighted by Crippen LogP contribution is -2.37. The second kappa shape index (κ2) is 8.94. The number of amides is 1. The summed E-state index contributed by atoms with van der Waals surface area (Å²) in [5, 5.41) is 2.97. The van der Waals surface area contributed by atoms with Gasteiger partial charge in [-0.3, -0.25) is 9.59 Å². The van der Waals surface area contributed by atoms with Crippen molar-refractivity contribution in [2.45, 2.75) is 32.4 Å². The minimum absolute atomic E-state index is 0.0170. The predicted molar refractivity (Wildman–Crippen MR) is 106 cm³/mol. The zero-order valence-corrected chi connectivity index (χ0v) is 15.3. The van der Waals surface area contributed by atoms with Gasteiger partial charge in [0, 0.05) is 17.8 Å². The first-order valence-corrected chi connectivity index (χ1v) is 9.07. The predicted octanol–water partition coefficient (Wildman–Crippen LogP) is 3.05. The lowest BCUT2D eigenvalue weighted by atomic mass is 10.1. The summed E-state index contributed by atoms with van der Waals surface area (Å²) in [6, 6.07) is 19.8. The molecule has 1 N–H and O–H groups in total. The average Bonchev–Trinajstić information content (AvgIpc) is 2.69. The fourth-order valence-corrected chi connectivity index (χ4v) is 2.90. The van der Waals surface area contributed by atoms with Crippen LogP contribution >= 0.6 is 0 Å². The summed E-state index contributed by atoms with van der Waals surface area (Å²) >= 11 is 0. The van der Waals surface area contributed by atoms with Gasteiger partial charge >= 0.3 is 0 Å². The van der Waals surface area contributed by atoms with E-state index < -0.39 is 0 Å². The summed E-state index contributed by atoms with van der Waals surface area (Å²) in [6.45, 7) is 1.96. The Balaban J connectivity index is 1.59. The van der Waals surface area contributed by atoms with E-state index in [1.165, 1.54) is 16.3 Å². The van der Waals surface area contributed by atoms with Crippen molar-refractivity contribution in [2.75, 3.05) is 0 Å². The van der Waals surface area contributed by atoms with Crippen LogP contribution in [-0.2, 0) is 17.8 Å². The van der Waals surface area contributed by atoms with Crippen LogP contribution in [0.2, 0.25) is 0 Å². The summed E-state index contributed by atoms with van der Waals surface area (Å²) in [5.41, 5.74) is 2.53. The highest BCUT2D eigenvalue weighted by molar-refractivity contribution is 5.76. The van der Waals surface area contributed by atoms with Crippen molar-refractivity contribution in [3.63, 3.8) is 0 Å². The van der Waals surface area contributed by atoms with Crippen molar-refractivity contribution in [3.05, 3.63) is 89.0 Å². The van der Waals surface area contributed by atoms with Crippen molar-refractivity contribution < 1.29 is 4.79 Å². The molecule has 0 aliphatic carbocycles. The number of hydrogen-bond donors (Lipinski definition) is 1. The first-order valence-electron chi connectivity index (χ1n) is 9.07. The molecule has 0 saturated heterocycles. The van der Waals surface area contributed by atoms with Crippen LogP contribution in [0.15, 0.2) is 77.9 Å². The third-order valence-electron chi connectivity index (χ3n) is 4.38. The van der Waals surface area contributed by atoms with Gasteiger partial charge in [0.2, 0.25) is 5.91 Å². The Morgan fingerprint density at radius 2 is 1.74 bits per heavy atom. The van der Waals surface area contributed by atoms with E-state index in [1.807, 2.05) is 55.5 Å². The standard InChI is InChI=1S/C22H23N3O2/c1-17(12-13-18-8-4-2-5-9-18)24-21(26)16-25-15-20(23-14-22(25)27)19-10-6-3-7-11-19/h2-11,14-15,17H,12-13,16H2,1H3,(H,24,26). The molecule has 5 heteroatoms. The zero-order valence-electron chi connectivity index (χ0n) is 15.3. The van der Waals surface area contributed by atoms with Crippen LogP contribution in [0, 0.1) is 0 Å². The van der Waals surface area contributed by atoms with E-state index in [9.17, 15) is 9.59 Å². The minimum Gasteiger partial charge on any atom is -0.352 e. The van der Waals surface area contributed by atoms with Gasteiger partial charge in [0.1, 0.15) is 6.54 Å². The Kier molecular flexibility index (Phi) is 6.15. The number of nitrogens with zero attached hydrogens (tertiary/aromatic N) is 2. The van der Waals surface area contributed by atoms with Crippen molar-refractivity contribution in [3.8, 4) is 11.3 Å². The van der Waals surface area contributed by atoms with Gasteiger partial charge in [0.25, 0.3) is 5.56 Å². The molecule has 0 bridgehead atoms. The smallest absolute Gasteiger partial charge is 0.269 e. The van der Waals surface area contributed by atoms with Crippen LogP contribution in [0.4, 0.5) is 0 Å². The third-order valence-corrected chi connectivity index (χ3v) is 4.38. The third kappa shape index (κ3) is 5.38. The van der Waals surface area contributed by atoms with E-state index in [-0.39, 0.29) is 24.1 Å². The topological polar surface area (TPSA) is 64.0 Å². The Hall–Kier alpha value is -3.21. The van der Waals surface area contributed by atoms with E-state index in [0.29, 0.717) is 5.69 Å². The lowest BCUT2D eigenvalue weighted by Gasteiger charge is -2.15. The molecule has 1 amide bonds. The van der Waals surface area contributed by atoms with Gasteiger partial charge < -0.3 is 9.88 Å². The van der Waals surface area contributed by atoms with Gasteiger partial charge in [0.05, 0.1) is 11.9 Å². The Morgan fingerprint density at radius 3 is 2.44 bits per heavy atom. The largest absolute Gasteiger partial charge is 0.352 e. The summed E-state index contributed by atoms with van der Waals surface area (Å²) in [5.74, 6) is -0.178. The van der Waals surface area contributed by atoms with Crippen LogP contribution in [0.25, 0.3) is 11.3 Å². The van der Waals surface area contributed by atoms with Crippen LogP contribution < -0.4 is 10.9 Å². The monoisotopic (exact) mass is 361 g/mol. The maximum atomic E-state index is 12.3. The van der Waals surface area contributed by atoms with E-state index in [0.717, 1.165) is 18.4 Å². The van der Waals surface area contributed by atoms with Crippen molar-refractivity contribution >= 4 is 5.91 Å². The molecule has 0 aliphatic rings. The van der Waals surface area contributed by atoms with Gasteiger partial charge in [-0.05, 0) is 25.3 Å². The van der Waals surface area contributed by atoms with Crippen LogP contribution in [0.1, 0.15) is 18.9 Å². The molecule has 0 aliphatic heterocycles. The molecule has 0 fully saturated rings. The fraction of sp³-hybridized carbons (Fsp3) is 0.227. The lowest BCUT2D eigenvalue weighted by molar-refractivity contribution is -0.122. The molecule has 0 radical (unpaired) electrons. The fourth-order valence-electron chi connectivity index (χ4n) is 2.90. The van der Waals surface area contributed by atoms with Gasteiger partial charge in [-0.2, -0.15) is 0 Å². The molecular formula is C22H23N3O2. The molecule has 1 heterocycles. The Bertz CT molecular complexity index is 937. The van der Waals surface area contributed by atoms with Crippen LogP contribution in [-0.4, -0.2) is 21.5 Å². The highest BCUT2D eigenvalue weighted by Gasteiger charge is 2.10. The number of carbonyl (C=O) groups excluding carboxylic acids is 1. The molecule has 1 unspecified atom stereocenters. The molecule has 3 aromatic rings. The van der Waals surface area contributed by atoms with E-state index >= 15 is 0 Å². The molecule has 1 atom stereocenters. The minimum atomic E-state index is -0.290. The van der Waals surface area contributed by atoms with Gasteiger partial charge in [0.15, 0.2) is 0 Å². The molecule has 1 aromatic heterocycles. The van der Waals surface area contributed by atoms with Crippen LogP contribution in [0.3, 0.4) is 0 Å². The number of benzene rings is 2. The van der Waals surface area contributed by atoms with Crippen LogP contribution in [0.5, 0.6) is 0 Å². The number of aryl methyl sites for hydroxylation is 1. The number of hydrogen-bond acceptors (Lipinski definition) is 3. The normalized spacial score (nSPS) is 11.7. The number of aromatic nitrogens is 2. The molecule has 0 saturated carbocycles. The maximum absolute atomic E-state index is 12.3. The highest BCUT2D eigenvalue weighted by Crippen LogP contribution is 2.14. The summed E-state index contributed by atoms with van der Waals surface area (Å²) in [6.07, 6.45) is 4.63. The molecular weight excluding hydrogens is 338 g/mol. The molecule has 5 nitrogen and oxygen atoms in total. The molecule has 27 heavy (non-hydrogen) atoms. The second-order valence-corrected chi connectivity index (χ2v) is 6.60. The second-order valence-electron chi connectivity index (χ2n) is 6.60. The van der Waals surface area contributed by atoms with E-state index in [4.69, 9.17) is 0 Å². The van der Waals surface area contributed by atoms with Gasteiger partial charge in [-0.15, -0.1) is 0 Å². The van der Waals surface area contributed by atoms with E-state index in [1.54, 1.807) is 6.20 Å². The molecule has 2 aromatic carbocycles. The summed E-state index contributed by atoms with van der Waals surface area (Å²) < 4.78 is 1.40. The number of rotatable bonds is 7. The number of carbonyl (C=O) groups is 1. The highest BCUT2D eigenvalue weighted by atomic mass is 16.2. The molecule has 3 rings (SSSR count). The quantitative estimate of drug-likeness (QED) is 0.703. The molecule has 0 spiro atoms. The molecule has 138 valence electrons. The Labute approximate surface area is 158 Å². The summed E-state index contributed by atoms with van der Waals surface area (Å²) in [4.78, 5) is 28.6. The first kappa shape index (κ1) is 18.6. The Morgan fingerprint density at radius 1 is 1.07 bits per heavy atom. The van der Waals surface area contributed by atoms with Gasteiger partial charge in [-0.1, -0.05) is 60.7 Å². The van der Waals surface area contributed by atoms with Crippen molar-refractivity contribution in [1.82, 2.24) is 14.9 Å².